The van der Waals surface area contributed by atoms with Gasteiger partial charge in [-0.15, -0.1) is 0 Å². The number of rotatable bonds is 6. The molecule has 138 valence electrons. The number of aryl methyl sites for hydroxylation is 2. The number of amides is 1. The van der Waals surface area contributed by atoms with Gasteiger partial charge in [0.1, 0.15) is 5.69 Å². The Morgan fingerprint density at radius 1 is 1.07 bits per heavy atom. The zero-order valence-electron chi connectivity index (χ0n) is 15.9. The summed E-state index contributed by atoms with van der Waals surface area (Å²) in [4.78, 5) is 23.4. The number of hydrogen-bond donors (Lipinski definition) is 1. The maximum absolute atomic E-state index is 12.9. The Morgan fingerprint density at radius 3 is 2.56 bits per heavy atom. The maximum Gasteiger partial charge on any atom is 0.272 e. The molecule has 0 bridgehead atoms. The van der Waals surface area contributed by atoms with Gasteiger partial charge < -0.3 is 10.2 Å². The predicted molar refractivity (Wildman–Crippen MR) is 108 cm³/mol. The first-order valence-electron chi connectivity index (χ1n) is 9.07. The van der Waals surface area contributed by atoms with Gasteiger partial charge in [-0.2, -0.15) is 0 Å². The first kappa shape index (κ1) is 18.6. The van der Waals surface area contributed by atoms with Crippen LogP contribution in [-0.4, -0.2) is 27.3 Å². The highest BCUT2D eigenvalue weighted by Gasteiger charge is 2.17. The van der Waals surface area contributed by atoms with Crippen LogP contribution in [0.2, 0.25) is 0 Å². The molecule has 1 amide bonds. The average Bonchev–Trinajstić information content (AvgIpc) is 2.69. The molecule has 0 saturated carbocycles. The van der Waals surface area contributed by atoms with Gasteiger partial charge in [0.2, 0.25) is 5.95 Å². The van der Waals surface area contributed by atoms with E-state index in [-0.39, 0.29) is 5.91 Å². The lowest BCUT2D eigenvalue weighted by atomic mass is 10.1. The van der Waals surface area contributed by atoms with Crippen molar-refractivity contribution in [2.45, 2.75) is 27.3 Å². The highest BCUT2D eigenvalue weighted by atomic mass is 16.2. The zero-order valence-corrected chi connectivity index (χ0v) is 15.9. The number of nitrogens with one attached hydrogen (secondary N) is 1. The lowest BCUT2D eigenvalue weighted by molar-refractivity contribution is 0.0746. The molecule has 0 saturated heterocycles. The summed E-state index contributed by atoms with van der Waals surface area (Å²) in [6.07, 6.45) is 1.61. The van der Waals surface area contributed by atoms with E-state index in [0.717, 1.165) is 16.8 Å². The number of hydrogen-bond acceptors (Lipinski definition) is 4. The minimum Gasteiger partial charge on any atom is -0.333 e. The third-order valence-corrected chi connectivity index (χ3v) is 4.39. The highest BCUT2D eigenvalue weighted by Crippen LogP contribution is 2.19. The van der Waals surface area contributed by atoms with Crippen LogP contribution in [0.1, 0.15) is 34.1 Å². The van der Waals surface area contributed by atoms with Crippen molar-refractivity contribution >= 4 is 17.5 Å². The summed E-state index contributed by atoms with van der Waals surface area (Å²) in [6, 6.07) is 17.7. The molecule has 2 aromatic carbocycles. The zero-order chi connectivity index (χ0) is 19.2. The molecule has 27 heavy (non-hydrogen) atoms. The molecule has 3 rings (SSSR count). The molecule has 1 heterocycles. The predicted octanol–water partition coefficient (Wildman–Crippen LogP) is 4.50. The molecule has 1 N–H and O–H groups in total. The molecule has 0 spiro atoms. The Balaban J connectivity index is 1.78. The summed E-state index contributed by atoms with van der Waals surface area (Å²) in [6.45, 7) is 7.22. The van der Waals surface area contributed by atoms with Crippen LogP contribution in [0.25, 0.3) is 0 Å². The number of aromatic nitrogens is 2. The van der Waals surface area contributed by atoms with E-state index in [9.17, 15) is 4.79 Å². The molecule has 1 aromatic heterocycles. The second-order valence-electron chi connectivity index (χ2n) is 6.51. The molecule has 0 aliphatic carbocycles. The van der Waals surface area contributed by atoms with Crippen molar-refractivity contribution in [1.29, 1.82) is 0 Å². The fourth-order valence-electron chi connectivity index (χ4n) is 2.91. The molecule has 5 heteroatoms. The van der Waals surface area contributed by atoms with Gasteiger partial charge in [0.05, 0.1) is 0 Å². The van der Waals surface area contributed by atoms with Crippen LogP contribution in [0.3, 0.4) is 0 Å². The summed E-state index contributed by atoms with van der Waals surface area (Å²) >= 11 is 0. The van der Waals surface area contributed by atoms with Crippen LogP contribution in [0.5, 0.6) is 0 Å². The van der Waals surface area contributed by atoms with Gasteiger partial charge in [-0.25, -0.2) is 9.97 Å². The summed E-state index contributed by atoms with van der Waals surface area (Å²) in [5.41, 5.74) is 4.71. The lowest BCUT2D eigenvalue weighted by Crippen LogP contribution is -2.31. The maximum atomic E-state index is 12.9. The van der Waals surface area contributed by atoms with Crippen molar-refractivity contribution in [2.75, 3.05) is 11.9 Å². The topological polar surface area (TPSA) is 58.1 Å². The standard InChI is InChI=1S/C22H24N4O/c1-4-26(15-18-8-6-5-7-9-18)21(27)20-12-13-23-22(25-20)24-19-11-10-16(2)14-17(19)3/h5-14H,4,15H2,1-3H3,(H,23,24,25). The first-order valence-corrected chi connectivity index (χ1v) is 9.07. The van der Waals surface area contributed by atoms with E-state index in [4.69, 9.17) is 0 Å². The van der Waals surface area contributed by atoms with E-state index in [2.05, 4.69) is 28.3 Å². The SMILES string of the molecule is CCN(Cc1ccccc1)C(=O)c1ccnc(Nc2ccc(C)cc2C)n1. The second kappa shape index (κ2) is 8.45. The van der Waals surface area contributed by atoms with Crippen molar-refractivity contribution in [3.05, 3.63) is 83.2 Å². The third-order valence-electron chi connectivity index (χ3n) is 4.39. The Kier molecular flexibility index (Phi) is 5.81. The summed E-state index contributed by atoms with van der Waals surface area (Å²) in [5, 5.41) is 3.21. The molecule has 0 atom stereocenters. The summed E-state index contributed by atoms with van der Waals surface area (Å²) < 4.78 is 0. The largest absolute Gasteiger partial charge is 0.333 e. The van der Waals surface area contributed by atoms with Gasteiger partial charge >= 0.3 is 0 Å². The molecule has 5 nitrogen and oxygen atoms in total. The molecule has 0 unspecified atom stereocenters. The number of carbonyl (C=O) groups is 1. The molecule has 0 aliphatic heterocycles. The minimum absolute atomic E-state index is 0.104. The monoisotopic (exact) mass is 360 g/mol. The van der Waals surface area contributed by atoms with Gasteiger partial charge in [-0.05, 0) is 44.0 Å². The van der Waals surface area contributed by atoms with Crippen LogP contribution >= 0.6 is 0 Å². The van der Waals surface area contributed by atoms with E-state index in [1.54, 1.807) is 17.2 Å². The molecular weight excluding hydrogens is 336 g/mol. The number of benzene rings is 2. The molecular formula is C22H24N4O. The van der Waals surface area contributed by atoms with Gasteiger partial charge in [-0.1, -0.05) is 48.0 Å². The van der Waals surface area contributed by atoms with Crippen LogP contribution in [-0.2, 0) is 6.54 Å². The fourth-order valence-corrected chi connectivity index (χ4v) is 2.91. The molecule has 0 radical (unpaired) electrons. The first-order chi connectivity index (χ1) is 13.1. The van der Waals surface area contributed by atoms with Crippen LogP contribution < -0.4 is 5.32 Å². The van der Waals surface area contributed by atoms with Gasteiger partial charge in [0.25, 0.3) is 5.91 Å². The summed E-state index contributed by atoms with van der Waals surface area (Å²) in [7, 11) is 0. The number of carbonyl (C=O) groups excluding carboxylic acids is 1. The molecule has 3 aromatic rings. The highest BCUT2D eigenvalue weighted by molar-refractivity contribution is 5.92. The second-order valence-corrected chi connectivity index (χ2v) is 6.51. The summed E-state index contributed by atoms with van der Waals surface area (Å²) in [5.74, 6) is 0.316. The third kappa shape index (κ3) is 4.70. The van der Waals surface area contributed by atoms with Gasteiger partial charge in [0, 0.05) is 25.0 Å². The smallest absolute Gasteiger partial charge is 0.272 e. The van der Waals surface area contributed by atoms with Crippen molar-refractivity contribution in [2.24, 2.45) is 0 Å². The van der Waals surface area contributed by atoms with Gasteiger partial charge in [-0.3, -0.25) is 4.79 Å². The van der Waals surface area contributed by atoms with E-state index in [1.807, 2.05) is 56.3 Å². The van der Waals surface area contributed by atoms with Crippen molar-refractivity contribution in [3.63, 3.8) is 0 Å². The van der Waals surface area contributed by atoms with Crippen LogP contribution in [0, 0.1) is 13.8 Å². The Labute approximate surface area is 160 Å². The molecule has 0 aliphatic rings. The van der Waals surface area contributed by atoms with E-state index >= 15 is 0 Å². The van der Waals surface area contributed by atoms with Crippen LogP contribution in [0.4, 0.5) is 11.6 Å². The van der Waals surface area contributed by atoms with E-state index in [0.29, 0.717) is 24.7 Å². The average molecular weight is 360 g/mol. The number of anilines is 2. The Morgan fingerprint density at radius 2 is 1.85 bits per heavy atom. The van der Waals surface area contributed by atoms with Crippen molar-refractivity contribution < 1.29 is 4.79 Å². The Bertz CT molecular complexity index is 925. The quantitative estimate of drug-likeness (QED) is 0.703. The van der Waals surface area contributed by atoms with Crippen molar-refractivity contribution in [1.82, 2.24) is 14.9 Å². The normalized spacial score (nSPS) is 10.5. The fraction of sp³-hybridized carbons (Fsp3) is 0.227. The minimum atomic E-state index is -0.104. The number of nitrogens with zero attached hydrogens (tertiary/aromatic N) is 3. The lowest BCUT2D eigenvalue weighted by Gasteiger charge is -2.20. The molecule has 0 fully saturated rings. The van der Waals surface area contributed by atoms with Crippen LogP contribution in [0.15, 0.2) is 60.8 Å². The van der Waals surface area contributed by atoms with E-state index in [1.165, 1.54) is 5.56 Å². The van der Waals surface area contributed by atoms with Gasteiger partial charge in [0.15, 0.2) is 0 Å². The Hall–Kier alpha value is -3.21. The van der Waals surface area contributed by atoms with Crippen molar-refractivity contribution in [3.8, 4) is 0 Å². The van der Waals surface area contributed by atoms with E-state index < -0.39 is 0 Å².